The van der Waals surface area contributed by atoms with Gasteiger partial charge in [-0.15, -0.1) is 0 Å². The van der Waals surface area contributed by atoms with Crippen LogP contribution in [0.5, 0.6) is 5.75 Å². The standard InChI is InChI=1S/C17H25NO2/c1-14(2)9-10-18(3)13-16-12-15(6-5-11-19)7-8-17(16)20-4/h7-8,12,14,19H,9-11,13H2,1-4H3. The predicted octanol–water partition coefficient (Wildman–Crippen LogP) is 2.52. The summed E-state index contributed by atoms with van der Waals surface area (Å²) in [6.45, 7) is 6.26. The van der Waals surface area contributed by atoms with Gasteiger partial charge in [-0.25, -0.2) is 0 Å². The van der Waals surface area contributed by atoms with Gasteiger partial charge >= 0.3 is 0 Å². The van der Waals surface area contributed by atoms with Crippen LogP contribution in [0.2, 0.25) is 0 Å². The second-order valence-electron chi connectivity index (χ2n) is 5.41. The molecule has 1 aromatic rings. The van der Waals surface area contributed by atoms with Gasteiger partial charge in [0.25, 0.3) is 0 Å². The van der Waals surface area contributed by atoms with Gasteiger partial charge in [-0.2, -0.15) is 0 Å². The van der Waals surface area contributed by atoms with Crippen LogP contribution in [-0.2, 0) is 6.54 Å². The fourth-order valence-corrected chi connectivity index (χ4v) is 1.97. The zero-order valence-electron chi connectivity index (χ0n) is 12.9. The Kier molecular flexibility index (Phi) is 7.14. The summed E-state index contributed by atoms with van der Waals surface area (Å²) in [6, 6.07) is 5.89. The molecule has 0 radical (unpaired) electrons. The molecular formula is C17H25NO2. The van der Waals surface area contributed by atoms with Crippen molar-refractivity contribution < 1.29 is 9.84 Å². The summed E-state index contributed by atoms with van der Waals surface area (Å²) in [4.78, 5) is 2.29. The van der Waals surface area contributed by atoms with E-state index >= 15 is 0 Å². The Morgan fingerprint density at radius 3 is 2.70 bits per heavy atom. The highest BCUT2D eigenvalue weighted by atomic mass is 16.5. The zero-order chi connectivity index (χ0) is 15.0. The molecule has 1 rings (SSSR count). The van der Waals surface area contributed by atoms with Crippen LogP contribution >= 0.6 is 0 Å². The SMILES string of the molecule is COc1ccc(C#CCO)cc1CN(C)CCC(C)C. The van der Waals surface area contributed by atoms with Gasteiger partial charge in [-0.05, 0) is 44.1 Å². The van der Waals surface area contributed by atoms with Crippen LogP contribution in [0.25, 0.3) is 0 Å². The topological polar surface area (TPSA) is 32.7 Å². The molecule has 0 saturated heterocycles. The average Bonchev–Trinajstić information content (AvgIpc) is 2.43. The molecule has 110 valence electrons. The number of nitrogens with zero attached hydrogens (tertiary/aromatic N) is 1. The first-order chi connectivity index (χ1) is 9.56. The molecule has 1 aromatic carbocycles. The second kappa shape index (κ2) is 8.63. The van der Waals surface area contributed by atoms with E-state index in [1.807, 2.05) is 18.2 Å². The molecule has 0 heterocycles. The molecule has 3 nitrogen and oxygen atoms in total. The van der Waals surface area contributed by atoms with Gasteiger partial charge in [-0.3, -0.25) is 0 Å². The average molecular weight is 275 g/mol. The van der Waals surface area contributed by atoms with Gasteiger partial charge in [0.1, 0.15) is 12.4 Å². The van der Waals surface area contributed by atoms with Crippen LogP contribution in [-0.4, -0.2) is 37.3 Å². The molecule has 0 aliphatic rings. The lowest BCUT2D eigenvalue weighted by Gasteiger charge is -2.19. The van der Waals surface area contributed by atoms with Crippen LogP contribution in [0.1, 0.15) is 31.4 Å². The van der Waals surface area contributed by atoms with Gasteiger partial charge in [0.05, 0.1) is 7.11 Å². The highest BCUT2D eigenvalue weighted by molar-refractivity contribution is 5.44. The molecule has 0 bridgehead atoms. The van der Waals surface area contributed by atoms with E-state index in [1.165, 1.54) is 6.42 Å². The molecule has 3 heteroatoms. The van der Waals surface area contributed by atoms with Gasteiger partial charge in [0, 0.05) is 17.7 Å². The Balaban J connectivity index is 2.80. The smallest absolute Gasteiger partial charge is 0.123 e. The van der Waals surface area contributed by atoms with Crippen LogP contribution in [0.3, 0.4) is 0 Å². The summed E-state index contributed by atoms with van der Waals surface area (Å²) in [6.07, 6.45) is 1.18. The number of aliphatic hydroxyl groups excluding tert-OH is 1. The van der Waals surface area contributed by atoms with E-state index in [0.717, 1.165) is 30.0 Å². The molecule has 0 unspecified atom stereocenters. The number of ether oxygens (including phenoxy) is 1. The summed E-state index contributed by atoms with van der Waals surface area (Å²) in [7, 11) is 3.81. The van der Waals surface area contributed by atoms with Crippen LogP contribution in [0.15, 0.2) is 18.2 Å². The van der Waals surface area contributed by atoms with Crippen molar-refractivity contribution in [1.82, 2.24) is 4.90 Å². The molecule has 0 atom stereocenters. The number of aliphatic hydroxyl groups is 1. The maximum atomic E-state index is 8.76. The Labute approximate surface area is 122 Å². The fourth-order valence-electron chi connectivity index (χ4n) is 1.97. The van der Waals surface area contributed by atoms with Crippen molar-refractivity contribution in [2.45, 2.75) is 26.8 Å². The lowest BCUT2D eigenvalue weighted by molar-refractivity contribution is 0.297. The third kappa shape index (κ3) is 5.64. The molecule has 0 spiro atoms. The van der Waals surface area contributed by atoms with Gasteiger partial charge in [-0.1, -0.05) is 25.7 Å². The van der Waals surface area contributed by atoms with Crippen molar-refractivity contribution in [2.24, 2.45) is 5.92 Å². The van der Waals surface area contributed by atoms with Crippen LogP contribution in [0, 0.1) is 17.8 Å². The summed E-state index contributed by atoms with van der Waals surface area (Å²) in [5.41, 5.74) is 2.04. The quantitative estimate of drug-likeness (QED) is 0.810. The molecular weight excluding hydrogens is 250 g/mol. The normalized spacial score (nSPS) is 10.6. The first-order valence-corrected chi connectivity index (χ1v) is 7.02. The van der Waals surface area contributed by atoms with Crippen molar-refractivity contribution in [3.05, 3.63) is 29.3 Å². The van der Waals surface area contributed by atoms with Crippen molar-refractivity contribution >= 4 is 0 Å². The minimum atomic E-state index is -0.115. The van der Waals surface area contributed by atoms with Gasteiger partial charge in [0.15, 0.2) is 0 Å². The van der Waals surface area contributed by atoms with Crippen LogP contribution in [0.4, 0.5) is 0 Å². The predicted molar refractivity (Wildman–Crippen MR) is 82.7 cm³/mol. The van der Waals surface area contributed by atoms with E-state index in [2.05, 4.69) is 37.6 Å². The largest absolute Gasteiger partial charge is 0.496 e. The number of rotatable bonds is 6. The van der Waals surface area contributed by atoms with Crippen molar-refractivity contribution in [1.29, 1.82) is 0 Å². The van der Waals surface area contributed by atoms with Gasteiger partial charge in [0.2, 0.25) is 0 Å². The van der Waals surface area contributed by atoms with E-state index in [1.54, 1.807) is 7.11 Å². The van der Waals surface area contributed by atoms with Crippen LogP contribution < -0.4 is 4.74 Å². The summed E-state index contributed by atoms with van der Waals surface area (Å²) < 4.78 is 5.41. The van der Waals surface area contributed by atoms with Crippen molar-refractivity contribution in [3.8, 4) is 17.6 Å². The minimum absolute atomic E-state index is 0.115. The maximum Gasteiger partial charge on any atom is 0.123 e. The molecule has 0 amide bonds. The van der Waals surface area contributed by atoms with E-state index in [4.69, 9.17) is 9.84 Å². The Morgan fingerprint density at radius 1 is 1.35 bits per heavy atom. The van der Waals surface area contributed by atoms with Crippen molar-refractivity contribution in [2.75, 3.05) is 27.3 Å². The highest BCUT2D eigenvalue weighted by Gasteiger charge is 2.08. The van der Waals surface area contributed by atoms with E-state index in [0.29, 0.717) is 5.92 Å². The number of methoxy groups -OCH3 is 1. The summed E-state index contributed by atoms with van der Waals surface area (Å²) in [5, 5.41) is 8.76. The number of hydrogen-bond donors (Lipinski definition) is 1. The number of hydrogen-bond acceptors (Lipinski definition) is 3. The molecule has 0 aliphatic carbocycles. The van der Waals surface area contributed by atoms with Gasteiger partial charge < -0.3 is 14.7 Å². The lowest BCUT2D eigenvalue weighted by atomic mass is 10.1. The highest BCUT2D eigenvalue weighted by Crippen LogP contribution is 2.21. The Bertz CT molecular complexity index is 472. The van der Waals surface area contributed by atoms with E-state index < -0.39 is 0 Å². The number of benzene rings is 1. The summed E-state index contributed by atoms with van der Waals surface area (Å²) in [5.74, 6) is 7.20. The zero-order valence-corrected chi connectivity index (χ0v) is 12.9. The van der Waals surface area contributed by atoms with E-state index in [9.17, 15) is 0 Å². The minimum Gasteiger partial charge on any atom is -0.496 e. The molecule has 1 N–H and O–H groups in total. The molecule has 0 aliphatic heterocycles. The summed E-state index contributed by atoms with van der Waals surface area (Å²) >= 11 is 0. The second-order valence-corrected chi connectivity index (χ2v) is 5.41. The first kappa shape index (κ1) is 16.6. The maximum absolute atomic E-state index is 8.76. The molecule has 0 saturated carbocycles. The monoisotopic (exact) mass is 275 g/mol. The third-order valence-corrected chi connectivity index (χ3v) is 3.12. The molecule has 20 heavy (non-hydrogen) atoms. The Morgan fingerprint density at radius 2 is 2.10 bits per heavy atom. The molecule has 0 aromatic heterocycles. The van der Waals surface area contributed by atoms with E-state index in [-0.39, 0.29) is 6.61 Å². The fraction of sp³-hybridized carbons (Fsp3) is 0.529. The molecule has 0 fully saturated rings. The Hall–Kier alpha value is -1.50. The first-order valence-electron chi connectivity index (χ1n) is 7.02. The lowest BCUT2D eigenvalue weighted by Crippen LogP contribution is -2.20. The van der Waals surface area contributed by atoms with Crippen molar-refractivity contribution in [3.63, 3.8) is 0 Å². The third-order valence-electron chi connectivity index (χ3n) is 3.12.